The van der Waals surface area contributed by atoms with Crippen LogP contribution < -0.4 is 11.1 Å². The molecule has 2 saturated heterocycles. The first-order valence-corrected chi connectivity index (χ1v) is 8.60. The van der Waals surface area contributed by atoms with Crippen molar-refractivity contribution in [2.45, 2.75) is 18.1 Å². The number of sulfone groups is 1. The number of hydrogen-bond donors (Lipinski definition) is 2. The molecule has 0 aromatic rings. The zero-order valence-corrected chi connectivity index (χ0v) is 12.6. The average molecular weight is 305 g/mol. The molecule has 0 radical (unpaired) electrons. The fourth-order valence-corrected chi connectivity index (χ4v) is 5.56. The Bertz CT molecular complexity index is 467. The van der Waals surface area contributed by atoms with Crippen LogP contribution in [0.5, 0.6) is 0 Å². The van der Waals surface area contributed by atoms with Gasteiger partial charge in [0.2, 0.25) is 0 Å². The van der Waals surface area contributed by atoms with E-state index in [9.17, 15) is 13.2 Å². The highest BCUT2D eigenvalue weighted by Crippen LogP contribution is 2.42. The number of hydrogen-bond acceptors (Lipinski definition) is 5. The number of amides is 2. The normalized spacial score (nSPS) is 31.9. The first-order chi connectivity index (χ1) is 9.45. The lowest BCUT2D eigenvalue weighted by Crippen LogP contribution is -2.49. The van der Waals surface area contributed by atoms with Crippen LogP contribution >= 0.6 is 0 Å². The van der Waals surface area contributed by atoms with Gasteiger partial charge in [-0.2, -0.15) is 0 Å². The van der Waals surface area contributed by atoms with Crippen molar-refractivity contribution in [2.24, 2.45) is 11.1 Å². The first-order valence-electron chi connectivity index (χ1n) is 6.88. The molecular weight excluding hydrogens is 282 g/mol. The Kier molecular flexibility index (Phi) is 4.55. The van der Waals surface area contributed by atoms with Gasteiger partial charge in [-0.15, -0.1) is 0 Å². The van der Waals surface area contributed by atoms with Crippen molar-refractivity contribution in [3.8, 4) is 0 Å². The molecule has 20 heavy (non-hydrogen) atoms. The summed E-state index contributed by atoms with van der Waals surface area (Å²) in [5.41, 5.74) is 5.38. The van der Waals surface area contributed by atoms with Crippen molar-refractivity contribution < 1.29 is 17.9 Å². The van der Waals surface area contributed by atoms with Crippen molar-refractivity contribution in [3.05, 3.63) is 0 Å². The van der Waals surface area contributed by atoms with Gasteiger partial charge in [0.1, 0.15) is 0 Å². The molecule has 2 aliphatic heterocycles. The molecule has 2 heterocycles. The molecule has 0 aromatic carbocycles. The van der Waals surface area contributed by atoms with Gasteiger partial charge in [-0.3, -0.25) is 0 Å². The van der Waals surface area contributed by atoms with E-state index in [2.05, 4.69) is 5.32 Å². The minimum Gasteiger partial charge on any atom is -0.383 e. The van der Waals surface area contributed by atoms with Gasteiger partial charge in [-0.1, -0.05) is 0 Å². The number of nitrogens with zero attached hydrogens (tertiary/aromatic N) is 1. The summed E-state index contributed by atoms with van der Waals surface area (Å²) in [6.45, 7) is 1.82. The van der Waals surface area contributed by atoms with Crippen LogP contribution in [0.3, 0.4) is 0 Å². The second-order valence-electron chi connectivity index (χ2n) is 5.63. The van der Waals surface area contributed by atoms with Crippen LogP contribution in [0, 0.1) is 5.41 Å². The van der Waals surface area contributed by atoms with Gasteiger partial charge in [0.05, 0.1) is 17.6 Å². The summed E-state index contributed by atoms with van der Waals surface area (Å²) in [5, 5.41) is 2.22. The minimum absolute atomic E-state index is 0.207. The van der Waals surface area contributed by atoms with E-state index >= 15 is 0 Å². The van der Waals surface area contributed by atoms with E-state index in [1.165, 1.54) is 0 Å². The molecule has 7 nitrogen and oxygen atoms in total. The van der Waals surface area contributed by atoms with Crippen LogP contribution in [0.15, 0.2) is 0 Å². The first kappa shape index (κ1) is 15.5. The molecule has 116 valence electrons. The van der Waals surface area contributed by atoms with Crippen LogP contribution in [-0.2, 0) is 14.6 Å². The summed E-state index contributed by atoms with van der Waals surface area (Å²) in [6, 6.07) is -0.237. The molecule has 2 atom stereocenters. The van der Waals surface area contributed by atoms with Crippen molar-refractivity contribution in [1.82, 2.24) is 10.2 Å². The molecule has 2 amide bonds. The predicted octanol–water partition coefficient (Wildman–Crippen LogP) is -0.820. The number of urea groups is 1. The number of carbonyl (C=O) groups excluding carboxylic acids is 1. The van der Waals surface area contributed by atoms with Crippen molar-refractivity contribution in [3.63, 3.8) is 0 Å². The van der Waals surface area contributed by atoms with Crippen molar-refractivity contribution >= 4 is 15.9 Å². The highest BCUT2D eigenvalue weighted by Gasteiger charge is 2.54. The largest absolute Gasteiger partial charge is 0.383 e. The number of nitrogens with one attached hydrogen (secondary N) is 1. The fourth-order valence-electron chi connectivity index (χ4n) is 3.27. The highest BCUT2D eigenvalue weighted by molar-refractivity contribution is 7.92. The maximum Gasteiger partial charge on any atom is 0.317 e. The molecule has 2 aliphatic rings. The van der Waals surface area contributed by atoms with E-state index in [0.29, 0.717) is 32.7 Å². The number of nitrogens with two attached hydrogens (primary N) is 1. The molecule has 0 saturated carbocycles. The van der Waals surface area contributed by atoms with Crippen molar-refractivity contribution in [2.75, 3.05) is 45.6 Å². The third-order valence-corrected chi connectivity index (χ3v) is 6.76. The van der Waals surface area contributed by atoms with Gasteiger partial charge in [0.15, 0.2) is 9.84 Å². The molecule has 2 unspecified atom stereocenters. The summed E-state index contributed by atoms with van der Waals surface area (Å²) in [5.74, 6) is 0.207. The summed E-state index contributed by atoms with van der Waals surface area (Å²) in [7, 11) is -1.59. The molecule has 0 bridgehead atoms. The number of carbonyl (C=O) groups is 1. The molecule has 0 aromatic heterocycles. The smallest absolute Gasteiger partial charge is 0.317 e. The summed E-state index contributed by atoms with van der Waals surface area (Å²) in [4.78, 5) is 13.6. The van der Waals surface area contributed by atoms with Gasteiger partial charge in [0.25, 0.3) is 0 Å². The molecule has 8 heteroatoms. The Hall–Kier alpha value is -0.860. The third-order valence-electron chi connectivity index (χ3n) is 4.39. The summed E-state index contributed by atoms with van der Waals surface area (Å²) >= 11 is 0. The topological polar surface area (TPSA) is 102 Å². The van der Waals surface area contributed by atoms with E-state index in [1.54, 1.807) is 12.0 Å². The minimum atomic E-state index is -3.15. The second-order valence-corrected chi connectivity index (χ2v) is 7.93. The molecule has 2 rings (SSSR count). The zero-order chi connectivity index (χ0) is 14.8. The lowest BCUT2D eigenvalue weighted by Gasteiger charge is -2.36. The Labute approximate surface area is 119 Å². The summed E-state index contributed by atoms with van der Waals surface area (Å²) < 4.78 is 29.3. The molecule has 2 fully saturated rings. The standard InChI is InChI=1S/C12H23N3O4S/c1-19-5-4-14-11(16)15-7-10-12(8-13,9-15)3-2-6-20(10,17)18/h10H,2-9,13H2,1H3,(H,14,16). The number of fused-ring (bicyclic) bond motifs is 1. The van der Waals surface area contributed by atoms with E-state index in [-0.39, 0.29) is 18.3 Å². The summed E-state index contributed by atoms with van der Waals surface area (Å²) in [6.07, 6.45) is 1.41. The van der Waals surface area contributed by atoms with Gasteiger partial charge < -0.3 is 20.7 Å². The zero-order valence-electron chi connectivity index (χ0n) is 11.8. The van der Waals surface area contributed by atoms with Gasteiger partial charge in [-0.25, -0.2) is 13.2 Å². The van der Waals surface area contributed by atoms with Gasteiger partial charge in [0, 0.05) is 38.7 Å². The van der Waals surface area contributed by atoms with Crippen LogP contribution in [0.4, 0.5) is 4.79 Å². The molecule has 3 N–H and O–H groups in total. The van der Waals surface area contributed by atoms with Gasteiger partial charge in [-0.05, 0) is 12.8 Å². The molecule has 0 spiro atoms. The van der Waals surface area contributed by atoms with E-state index < -0.39 is 20.5 Å². The number of likely N-dealkylation sites (tertiary alicyclic amines) is 1. The number of methoxy groups -OCH3 is 1. The van der Waals surface area contributed by atoms with Crippen LogP contribution in [-0.4, -0.2) is 70.2 Å². The number of rotatable bonds is 4. The quantitative estimate of drug-likeness (QED) is 0.661. The Morgan fingerprint density at radius 3 is 2.90 bits per heavy atom. The van der Waals surface area contributed by atoms with Crippen molar-refractivity contribution in [1.29, 1.82) is 0 Å². The van der Waals surface area contributed by atoms with E-state index in [0.717, 1.165) is 6.42 Å². The lowest BCUT2D eigenvalue weighted by molar-refractivity contribution is 0.180. The van der Waals surface area contributed by atoms with Crippen LogP contribution in [0.2, 0.25) is 0 Å². The highest BCUT2D eigenvalue weighted by atomic mass is 32.2. The van der Waals surface area contributed by atoms with Crippen LogP contribution in [0.1, 0.15) is 12.8 Å². The van der Waals surface area contributed by atoms with E-state index in [1.807, 2.05) is 0 Å². The molecule has 0 aliphatic carbocycles. The third kappa shape index (κ3) is 2.77. The predicted molar refractivity (Wildman–Crippen MR) is 75.1 cm³/mol. The maximum absolute atomic E-state index is 12.2. The monoisotopic (exact) mass is 305 g/mol. The maximum atomic E-state index is 12.2. The SMILES string of the molecule is COCCNC(=O)N1CC2C(CN)(CCCS2(=O)=O)C1. The Balaban J connectivity index is 2.08. The molecular formula is C12H23N3O4S. The van der Waals surface area contributed by atoms with Crippen LogP contribution in [0.25, 0.3) is 0 Å². The number of ether oxygens (including phenoxy) is 1. The average Bonchev–Trinajstić information content (AvgIpc) is 2.81. The van der Waals surface area contributed by atoms with Gasteiger partial charge >= 0.3 is 6.03 Å². The second kappa shape index (κ2) is 5.87. The fraction of sp³-hybridized carbons (Fsp3) is 0.917. The Morgan fingerprint density at radius 2 is 2.30 bits per heavy atom. The lowest BCUT2D eigenvalue weighted by atomic mass is 9.82. The Morgan fingerprint density at radius 1 is 1.55 bits per heavy atom. The van der Waals surface area contributed by atoms with E-state index in [4.69, 9.17) is 10.5 Å².